The Kier molecular flexibility index (Phi) is 5.03. The number of aromatic nitrogens is 2. The van der Waals surface area contributed by atoms with Gasteiger partial charge in [-0.3, -0.25) is 9.89 Å². The van der Waals surface area contributed by atoms with E-state index in [4.69, 9.17) is 0 Å². The number of nitrogens with one attached hydrogen (secondary N) is 2. The summed E-state index contributed by atoms with van der Waals surface area (Å²) in [7, 11) is 0. The van der Waals surface area contributed by atoms with Gasteiger partial charge in [-0.1, -0.05) is 37.3 Å². The van der Waals surface area contributed by atoms with Gasteiger partial charge in [0.25, 0.3) is 0 Å². The molecule has 0 atom stereocenters. The minimum atomic E-state index is -0.0184. The Morgan fingerprint density at radius 3 is 2.84 bits per heavy atom. The molecule has 1 aromatic carbocycles. The summed E-state index contributed by atoms with van der Waals surface area (Å²) in [6.07, 6.45) is 0.881. The van der Waals surface area contributed by atoms with Crippen LogP contribution in [-0.4, -0.2) is 21.9 Å². The van der Waals surface area contributed by atoms with E-state index in [1.54, 1.807) is 11.8 Å². The first kappa shape index (κ1) is 13.7. The van der Waals surface area contributed by atoms with E-state index in [1.807, 2.05) is 31.2 Å². The molecule has 0 saturated carbocycles. The summed E-state index contributed by atoms with van der Waals surface area (Å²) >= 11 is 1.60. The molecule has 100 valence electrons. The first-order chi connectivity index (χ1) is 9.28. The highest BCUT2D eigenvalue weighted by atomic mass is 32.2. The predicted molar refractivity (Wildman–Crippen MR) is 79.2 cm³/mol. The molecule has 0 bridgehead atoms. The van der Waals surface area contributed by atoms with E-state index in [9.17, 15) is 4.79 Å². The fourth-order valence-corrected chi connectivity index (χ4v) is 2.41. The lowest BCUT2D eigenvalue weighted by atomic mass is 10.2. The van der Waals surface area contributed by atoms with Crippen molar-refractivity contribution >= 4 is 23.5 Å². The quantitative estimate of drug-likeness (QED) is 0.852. The van der Waals surface area contributed by atoms with E-state index < -0.39 is 0 Å². The molecule has 1 aromatic heterocycles. The van der Waals surface area contributed by atoms with Crippen LogP contribution in [0.4, 0.5) is 5.82 Å². The van der Waals surface area contributed by atoms with Crippen LogP contribution < -0.4 is 5.32 Å². The lowest BCUT2D eigenvalue weighted by Crippen LogP contribution is -2.14. The molecular formula is C14H17N3OS. The fourth-order valence-electron chi connectivity index (χ4n) is 1.62. The lowest BCUT2D eigenvalue weighted by molar-refractivity contribution is -0.113. The second-order valence-corrected chi connectivity index (χ2v) is 5.14. The van der Waals surface area contributed by atoms with Gasteiger partial charge in [0.15, 0.2) is 5.82 Å². The number of H-pyrrole nitrogens is 1. The second kappa shape index (κ2) is 6.99. The van der Waals surface area contributed by atoms with Gasteiger partial charge < -0.3 is 5.32 Å². The van der Waals surface area contributed by atoms with Gasteiger partial charge in [0, 0.05) is 17.5 Å². The minimum Gasteiger partial charge on any atom is -0.308 e. The largest absolute Gasteiger partial charge is 0.308 e. The molecule has 2 rings (SSSR count). The molecule has 1 amide bonds. The zero-order valence-corrected chi connectivity index (χ0v) is 11.7. The van der Waals surface area contributed by atoms with Crippen molar-refractivity contribution in [1.29, 1.82) is 0 Å². The molecule has 4 nitrogen and oxygen atoms in total. The molecule has 2 N–H and O–H groups in total. The third kappa shape index (κ3) is 4.44. The van der Waals surface area contributed by atoms with Crippen LogP contribution in [0.5, 0.6) is 0 Å². The van der Waals surface area contributed by atoms with Crippen LogP contribution in [0.15, 0.2) is 36.4 Å². The molecule has 0 fully saturated rings. The lowest BCUT2D eigenvalue weighted by Gasteiger charge is -2.02. The molecule has 19 heavy (non-hydrogen) atoms. The Labute approximate surface area is 117 Å². The number of aryl methyl sites for hydroxylation is 1. The van der Waals surface area contributed by atoms with Gasteiger partial charge in [-0.2, -0.15) is 5.10 Å². The van der Waals surface area contributed by atoms with Crippen molar-refractivity contribution in [3.63, 3.8) is 0 Å². The summed E-state index contributed by atoms with van der Waals surface area (Å²) < 4.78 is 0. The van der Waals surface area contributed by atoms with Crippen molar-refractivity contribution in [3.05, 3.63) is 47.7 Å². The first-order valence-electron chi connectivity index (χ1n) is 6.23. The van der Waals surface area contributed by atoms with Gasteiger partial charge in [-0.15, -0.1) is 11.8 Å². The van der Waals surface area contributed by atoms with Crippen molar-refractivity contribution in [1.82, 2.24) is 10.2 Å². The number of amides is 1. The van der Waals surface area contributed by atoms with Gasteiger partial charge in [-0.05, 0) is 12.0 Å². The maximum absolute atomic E-state index is 11.7. The highest BCUT2D eigenvalue weighted by Crippen LogP contribution is 2.12. The second-order valence-electron chi connectivity index (χ2n) is 4.16. The molecule has 0 spiro atoms. The maximum Gasteiger partial charge on any atom is 0.235 e. The number of carbonyl (C=O) groups excluding carboxylic acids is 1. The van der Waals surface area contributed by atoms with Gasteiger partial charge >= 0.3 is 0 Å². The minimum absolute atomic E-state index is 0.0184. The van der Waals surface area contributed by atoms with Crippen molar-refractivity contribution in [2.45, 2.75) is 19.1 Å². The summed E-state index contributed by atoms with van der Waals surface area (Å²) in [5, 5.41) is 9.68. The molecular weight excluding hydrogens is 258 g/mol. The normalized spacial score (nSPS) is 10.4. The van der Waals surface area contributed by atoms with Gasteiger partial charge in [0.2, 0.25) is 5.91 Å². The molecule has 0 unspecified atom stereocenters. The molecule has 1 heterocycles. The number of aromatic amines is 1. The number of nitrogens with zero attached hydrogens (tertiary/aromatic N) is 1. The number of benzene rings is 1. The van der Waals surface area contributed by atoms with Crippen LogP contribution in [-0.2, 0) is 17.0 Å². The van der Waals surface area contributed by atoms with E-state index in [-0.39, 0.29) is 5.91 Å². The monoisotopic (exact) mass is 275 g/mol. The molecule has 0 saturated heterocycles. The van der Waals surface area contributed by atoms with Gasteiger partial charge in [-0.25, -0.2) is 0 Å². The number of rotatable bonds is 6. The summed E-state index contributed by atoms with van der Waals surface area (Å²) in [4.78, 5) is 11.7. The third-order valence-corrected chi connectivity index (χ3v) is 3.63. The number of thioether (sulfide) groups is 1. The average Bonchev–Trinajstić information content (AvgIpc) is 2.87. The Hall–Kier alpha value is -1.75. The van der Waals surface area contributed by atoms with Crippen molar-refractivity contribution in [3.8, 4) is 0 Å². The van der Waals surface area contributed by atoms with Crippen LogP contribution >= 0.6 is 11.8 Å². The number of carbonyl (C=O) groups is 1. The molecule has 2 aromatic rings. The highest BCUT2D eigenvalue weighted by Gasteiger charge is 2.05. The summed E-state index contributed by atoms with van der Waals surface area (Å²) in [5.74, 6) is 1.86. The van der Waals surface area contributed by atoms with E-state index in [2.05, 4.69) is 27.6 Å². The van der Waals surface area contributed by atoms with E-state index in [0.717, 1.165) is 17.9 Å². The van der Waals surface area contributed by atoms with Crippen LogP contribution in [0.25, 0.3) is 0 Å². The van der Waals surface area contributed by atoms with Crippen molar-refractivity contribution in [2.75, 3.05) is 11.1 Å². The van der Waals surface area contributed by atoms with E-state index >= 15 is 0 Å². The van der Waals surface area contributed by atoms with Crippen LogP contribution in [0.1, 0.15) is 18.2 Å². The number of hydrogen-bond acceptors (Lipinski definition) is 3. The molecule has 0 aliphatic rings. The van der Waals surface area contributed by atoms with Crippen LogP contribution in [0.3, 0.4) is 0 Å². The Bertz CT molecular complexity index is 524. The van der Waals surface area contributed by atoms with Crippen molar-refractivity contribution < 1.29 is 4.79 Å². The topological polar surface area (TPSA) is 57.8 Å². The molecule has 0 radical (unpaired) electrons. The highest BCUT2D eigenvalue weighted by molar-refractivity contribution is 7.99. The summed E-state index contributed by atoms with van der Waals surface area (Å²) in [5.41, 5.74) is 2.25. The van der Waals surface area contributed by atoms with E-state index in [0.29, 0.717) is 11.6 Å². The zero-order chi connectivity index (χ0) is 13.5. The average molecular weight is 275 g/mol. The SMILES string of the molecule is CCc1cc(NC(=O)CSCc2ccccc2)n[nH]1. The fraction of sp³-hybridized carbons (Fsp3) is 0.286. The smallest absolute Gasteiger partial charge is 0.235 e. The summed E-state index contributed by atoms with van der Waals surface area (Å²) in [6.45, 7) is 2.04. The molecule has 0 aliphatic heterocycles. The standard InChI is InChI=1S/C14H17N3OS/c1-2-12-8-13(17-16-12)15-14(18)10-19-9-11-6-4-3-5-7-11/h3-8H,2,9-10H2,1H3,(H2,15,16,17,18). The van der Waals surface area contributed by atoms with Crippen LogP contribution in [0, 0.1) is 0 Å². The van der Waals surface area contributed by atoms with Crippen LogP contribution in [0.2, 0.25) is 0 Å². The Morgan fingerprint density at radius 1 is 1.37 bits per heavy atom. The number of anilines is 1. The molecule has 0 aliphatic carbocycles. The van der Waals surface area contributed by atoms with Crippen molar-refractivity contribution in [2.24, 2.45) is 0 Å². The first-order valence-corrected chi connectivity index (χ1v) is 7.39. The Balaban J connectivity index is 1.73. The Morgan fingerprint density at radius 2 is 2.16 bits per heavy atom. The summed E-state index contributed by atoms with van der Waals surface area (Å²) in [6, 6.07) is 12.0. The predicted octanol–water partition coefficient (Wildman–Crippen LogP) is 2.84. The molecule has 5 heteroatoms. The maximum atomic E-state index is 11.7. The number of hydrogen-bond donors (Lipinski definition) is 2. The van der Waals surface area contributed by atoms with E-state index in [1.165, 1.54) is 5.56 Å². The van der Waals surface area contributed by atoms with Gasteiger partial charge in [0.05, 0.1) is 5.75 Å². The third-order valence-electron chi connectivity index (χ3n) is 2.62. The zero-order valence-electron chi connectivity index (χ0n) is 10.8. The van der Waals surface area contributed by atoms with Gasteiger partial charge in [0.1, 0.15) is 0 Å².